The Labute approximate surface area is 204 Å². The second-order valence-electron chi connectivity index (χ2n) is 7.15. The zero-order valence-corrected chi connectivity index (χ0v) is 19.9. The van der Waals surface area contributed by atoms with Crippen LogP contribution < -0.4 is 15.6 Å². The van der Waals surface area contributed by atoms with Gasteiger partial charge in [-0.25, -0.2) is 8.78 Å². The molecule has 0 atom stereocenters. The van der Waals surface area contributed by atoms with E-state index in [1.807, 2.05) is 44.5 Å². The first kappa shape index (κ1) is 28.3. The van der Waals surface area contributed by atoms with E-state index in [1.54, 1.807) is 0 Å². The van der Waals surface area contributed by atoms with Crippen LogP contribution in [0.2, 0.25) is 0 Å². The number of halogens is 2. The van der Waals surface area contributed by atoms with Gasteiger partial charge in [-0.1, -0.05) is 24.3 Å². The molecule has 5 nitrogen and oxygen atoms in total. The maximum atomic E-state index is 13.6. The smallest absolute Gasteiger partial charge is 0.482 e. The van der Waals surface area contributed by atoms with Gasteiger partial charge in [0.1, 0.15) is 23.4 Å². The van der Waals surface area contributed by atoms with E-state index in [1.165, 1.54) is 17.3 Å². The third-order valence-corrected chi connectivity index (χ3v) is 4.64. The average Bonchev–Trinajstić information content (AvgIpc) is 3.13. The SMILES string of the molecule is C[CH-]C.[CH2-]CNc1cnn(-c2cc(F)cc(F)c2)c(=O)c1OC1Cc2ccccc2C1.[CH3-].[Ni+3]. The van der Waals surface area contributed by atoms with Gasteiger partial charge < -0.3 is 30.8 Å². The molecule has 1 radical (unpaired) electrons. The molecule has 179 valence electrons. The van der Waals surface area contributed by atoms with Crippen molar-refractivity contribution in [2.75, 3.05) is 11.9 Å². The zero-order valence-electron chi connectivity index (χ0n) is 18.9. The molecular formula is C25H28F2N3NiO2. The number of anilines is 1. The molecule has 1 aromatic heterocycles. The Morgan fingerprint density at radius 1 is 1.15 bits per heavy atom. The summed E-state index contributed by atoms with van der Waals surface area (Å²) in [6, 6.07) is 10.8. The molecule has 0 spiro atoms. The van der Waals surface area contributed by atoms with Gasteiger partial charge in [0.05, 0.1) is 11.9 Å². The fourth-order valence-electron chi connectivity index (χ4n) is 3.43. The number of ether oxygens (including phenoxy) is 1. The van der Waals surface area contributed by atoms with Crippen molar-refractivity contribution in [3.05, 3.63) is 103 Å². The number of nitrogens with zero attached hydrogens (tertiary/aromatic N) is 2. The van der Waals surface area contributed by atoms with E-state index in [0.717, 1.165) is 22.9 Å². The van der Waals surface area contributed by atoms with Crippen LogP contribution in [0, 0.1) is 32.4 Å². The fourth-order valence-corrected chi connectivity index (χ4v) is 3.43. The molecule has 1 heterocycles. The third-order valence-electron chi connectivity index (χ3n) is 4.64. The van der Waals surface area contributed by atoms with E-state index in [4.69, 9.17) is 4.74 Å². The molecule has 0 unspecified atom stereocenters. The summed E-state index contributed by atoms with van der Waals surface area (Å²) in [6.45, 7) is 8.04. The van der Waals surface area contributed by atoms with Crippen molar-refractivity contribution in [1.82, 2.24) is 9.78 Å². The van der Waals surface area contributed by atoms with E-state index in [0.29, 0.717) is 25.1 Å². The van der Waals surface area contributed by atoms with Crippen molar-refractivity contribution < 1.29 is 30.0 Å². The number of benzene rings is 2. The normalized spacial score (nSPS) is 11.9. The molecule has 4 rings (SSSR count). The first-order valence-corrected chi connectivity index (χ1v) is 10.1. The van der Waals surface area contributed by atoms with Crippen LogP contribution in [0.25, 0.3) is 5.69 Å². The minimum absolute atomic E-state index is 0. The Bertz CT molecular complexity index is 1060. The Morgan fingerprint density at radius 2 is 1.70 bits per heavy atom. The van der Waals surface area contributed by atoms with Crippen molar-refractivity contribution in [1.29, 1.82) is 0 Å². The Kier molecular flexibility index (Phi) is 11.2. The number of aromatic nitrogens is 2. The van der Waals surface area contributed by atoms with E-state index in [-0.39, 0.29) is 41.5 Å². The van der Waals surface area contributed by atoms with Gasteiger partial charge in [-0.05, 0) is 23.3 Å². The molecule has 0 saturated carbocycles. The van der Waals surface area contributed by atoms with Gasteiger partial charge in [-0.3, -0.25) is 4.79 Å². The summed E-state index contributed by atoms with van der Waals surface area (Å²) in [6.07, 6.45) is 4.54. The predicted molar refractivity (Wildman–Crippen MR) is 124 cm³/mol. The van der Waals surface area contributed by atoms with Crippen LogP contribution >= 0.6 is 0 Å². The first-order valence-electron chi connectivity index (χ1n) is 10.1. The van der Waals surface area contributed by atoms with Crippen LogP contribution in [-0.2, 0) is 29.3 Å². The maximum Gasteiger partial charge on any atom is 3.00 e. The summed E-state index contributed by atoms with van der Waals surface area (Å²) >= 11 is 0. The maximum absolute atomic E-state index is 13.6. The quantitative estimate of drug-likeness (QED) is 0.398. The molecule has 0 fully saturated rings. The molecule has 1 N–H and O–H groups in total. The molecular weight excluding hydrogens is 471 g/mol. The van der Waals surface area contributed by atoms with Gasteiger partial charge in [-0.2, -0.15) is 23.6 Å². The van der Waals surface area contributed by atoms with Crippen molar-refractivity contribution in [3.8, 4) is 11.4 Å². The van der Waals surface area contributed by atoms with E-state index < -0.39 is 17.2 Å². The van der Waals surface area contributed by atoms with Gasteiger partial charge in [0, 0.05) is 18.9 Å². The van der Waals surface area contributed by atoms with Crippen molar-refractivity contribution in [3.63, 3.8) is 0 Å². The largest absolute Gasteiger partial charge is 3.00 e. The summed E-state index contributed by atoms with van der Waals surface area (Å²) in [5.41, 5.74) is 2.15. The topological polar surface area (TPSA) is 56.2 Å². The van der Waals surface area contributed by atoms with Gasteiger partial charge in [0.15, 0.2) is 0 Å². The Hall–Kier alpha value is -2.73. The van der Waals surface area contributed by atoms with Gasteiger partial charge in [0.2, 0.25) is 5.75 Å². The molecule has 2 aromatic carbocycles. The molecule has 33 heavy (non-hydrogen) atoms. The number of nitrogens with one attached hydrogen (secondary N) is 1. The second-order valence-corrected chi connectivity index (χ2v) is 7.15. The summed E-state index contributed by atoms with van der Waals surface area (Å²) in [5, 5.41) is 6.98. The van der Waals surface area contributed by atoms with E-state index in [9.17, 15) is 13.6 Å². The molecule has 8 heteroatoms. The summed E-state index contributed by atoms with van der Waals surface area (Å²) in [4.78, 5) is 13.0. The van der Waals surface area contributed by atoms with Crippen molar-refractivity contribution in [2.45, 2.75) is 32.8 Å². The summed E-state index contributed by atoms with van der Waals surface area (Å²) in [5.74, 6) is -1.53. The van der Waals surface area contributed by atoms with Gasteiger partial charge in [-0.15, -0.1) is 6.54 Å². The Morgan fingerprint density at radius 3 is 2.21 bits per heavy atom. The second kappa shape index (κ2) is 13.1. The third kappa shape index (κ3) is 6.88. The fraction of sp³-hybridized carbons (Fsp3) is 0.240. The van der Waals surface area contributed by atoms with E-state index in [2.05, 4.69) is 17.3 Å². The number of hydrogen-bond acceptors (Lipinski definition) is 4. The number of rotatable bonds is 5. The van der Waals surface area contributed by atoms with Crippen molar-refractivity contribution in [2.24, 2.45) is 0 Å². The van der Waals surface area contributed by atoms with Crippen LogP contribution in [0.4, 0.5) is 14.5 Å². The number of hydrogen-bond donors (Lipinski definition) is 1. The molecule has 1 aliphatic rings. The molecule has 0 amide bonds. The van der Waals surface area contributed by atoms with Crippen LogP contribution in [0.15, 0.2) is 53.5 Å². The molecule has 1 aliphatic carbocycles. The Balaban J connectivity index is 0.00000103. The van der Waals surface area contributed by atoms with Gasteiger partial charge >= 0.3 is 22.1 Å². The zero-order chi connectivity index (χ0) is 22.4. The van der Waals surface area contributed by atoms with Crippen LogP contribution in [-0.4, -0.2) is 22.4 Å². The minimum Gasteiger partial charge on any atom is -0.482 e. The van der Waals surface area contributed by atoms with Gasteiger partial charge in [0.25, 0.3) is 0 Å². The summed E-state index contributed by atoms with van der Waals surface area (Å²) < 4.78 is 34.2. The molecule has 0 bridgehead atoms. The monoisotopic (exact) mass is 498 g/mol. The number of fused-ring (bicyclic) bond motifs is 1. The predicted octanol–water partition coefficient (Wildman–Crippen LogP) is 4.98. The van der Waals surface area contributed by atoms with Crippen molar-refractivity contribution >= 4 is 5.69 Å². The standard InChI is InChI=1S/C21H18F2N3O2.C3H7.CH3.Ni/c1-2-24-19-12-25-26(17-10-15(22)9-16(23)11-17)21(27)20(19)28-18-7-13-5-3-4-6-14(13)8-18;1-3-2;;/h3-6,9-12,18,24H,1-2,7-8H2;3H,1-2H3;1H3;/q3*-1;+3. The van der Waals surface area contributed by atoms with Crippen LogP contribution in [0.1, 0.15) is 25.0 Å². The van der Waals surface area contributed by atoms with Crippen LogP contribution in [0.5, 0.6) is 5.75 Å². The van der Waals surface area contributed by atoms with Crippen LogP contribution in [0.3, 0.4) is 0 Å². The average molecular weight is 499 g/mol. The summed E-state index contributed by atoms with van der Waals surface area (Å²) in [7, 11) is 0. The molecule has 3 aromatic rings. The first-order chi connectivity index (χ1) is 15.0. The minimum atomic E-state index is -0.794. The molecule has 0 saturated heterocycles. The van der Waals surface area contributed by atoms with E-state index >= 15 is 0 Å². The molecule has 0 aliphatic heterocycles.